The van der Waals surface area contributed by atoms with E-state index in [-0.39, 0.29) is 29.6 Å². The zero-order chi connectivity index (χ0) is 27.8. The lowest BCUT2D eigenvalue weighted by molar-refractivity contribution is -0.182. The van der Waals surface area contributed by atoms with Gasteiger partial charge in [-0.3, -0.25) is 0 Å². The number of carbonyl (C=O) groups is 1. The highest BCUT2D eigenvalue weighted by atomic mass is 35.5. The Morgan fingerprint density at radius 3 is 2.29 bits per heavy atom. The molecule has 0 saturated carbocycles. The second-order valence-corrected chi connectivity index (χ2v) is 9.50. The van der Waals surface area contributed by atoms with Crippen LogP contribution in [0.1, 0.15) is 17.5 Å². The molecular weight excluding hydrogens is 536 g/mol. The molecule has 2 atom stereocenters. The van der Waals surface area contributed by atoms with Crippen LogP contribution in [0.25, 0.3) is 0 Å². The number of nitrogens with zero attached hydrogens (tertiary/aromatic N) is 2. The molecule has 0 fully saturated rings. The van der Waals surface area contributed by atoms with E-state index in [1.165, 1.54) is 19.3 Å². The van der Waals surface area contributed by atoms with Gasteiger partial charge in [-0.05, 0) is 35.9 Å². The first-order valence-corrected chi connectivity index (χ1v) is 11.7. The van der Waals surface area contributed by atoms with Crippen molar-refractivity contribution in [2.24, 2.45) is 10.5 Å². The van der Waals surface area contributed by atoms with Crippen LogP contribution in [-0.2, 0) is 16.3 Å². The number of hydrogen-bond donors (Lipinski definition) is 1. The molecule has 2 aromatic carbocycles. The quantitative estimate of drug-likeness (QED) is 0.398. The molecule has 12 heteroatoms. The average molecular weight is 558 g/mol. The van der Waals surface area contributed by atoms with Crippen molar-refractivity contribution in [2.75, 3.05) is 25.6 Å². The summed E-state index contributed by atoms with van der Waals surface area (Å²) in [6, 6.07) is 11.0. The van der Waals surface area contributed by atoms with Gasteiger partial charge in [0, 0.05) is 24.3 Å². The lowest BCUT2D eigenvalue weighted by Crippen LogP contribution is -2.55. The summed E-state index contributed by atoms with van der Waals surface area (Å²) in [5.41, 5.74) is -5.00. The molecule has 38 heavy (non-hydrogen) atoms. The maximum Gasteiger partial charge on any atom is 0.416 e. The van der Waals surface area contributed by atoms with Crippen molar-refractivity contribution >= 4 is 29.0 Å². The number of nitrogens with one attached hydrogen (secondary N) is 1. The molecule has 2 unspecified atom stereocenters. The molecule has 2 aromatic rings. The highest BCUT2D eigenvalue weighted by Gasteiger charge is 2.64. The smallest absolute Gasteiger partial charge is 0.383 e. The standard InChI is InChI=1S/C26H22ClF6N3O2/c1-38-16-23(17-6-3-2-4-7-17)15-36(22(37)34-20-11-9-18(10-12-20)25(28,29)30)35-21(23)24(26(31,32)33)13-5-8-19(27)14-24/h2-13H,14-16H2,1H3,(H,34,37). The summed E-state index contributed by atoms with van der Waals surface area (Å²) in [6.07, 6.45) is -6.50. The van der Waals surface area contributed by atoms with Crippen LogP contribution >= 0.6 is 11.6 Å². The Bertz CT molecular complexity index is 1270. The van der Waals surface area contributed by atoms with E-state index >= 15 is 0 Å². The minimum Gasteiger partial charge on any atom is -0.383 e. The summed E-state index contributed by atoms with van der Waals surface area (Å²) in [4.78, 5) is 13.2. The van der Waals surface area contributed by atoms with Gasteiger partial charge >= 0.3 is 18.4 Å². The first kappa shape index (κ1) is 27.7. The van der Waals surface area contributed by atoms with Crippen molar-refractivity contribution in [3.63, 3.8) is 0 Å². The topological polar surface area (TPSA) is 53.9 Å². The molecule has 0 saturated heterocycles. The summed E-state index contributed by atoms with van der Waals surface area (Å²) >= 11 is 6.10. The zero-order valence-electron chi connectivity index (χ0n) is 19.9. The molecule has 1 N–H and O–H groups in total. The van der Waals surface area contributed by atoms with Crippen molar-refractivity contribution < 1.29 is 35.9 Å². The third-order valence-electron chi connectivity index (χ3n) is 6.54. The third kappa shape index (κ3) is 5.04. The molecule has 4 rings (SSSR count). The van der Waals surface area contributed by atoms with Gasteiger partial charge in [-0.25, -0.2) is 9.80 Å². The van der Waals surface area contributed by atoms with Gasteiger partial charge in [0.2, 0.25) is 0 Å². The minimum absolute atomic E-state index is 0.0118. The minimum atomic E-state index is -4.84. The number of hydrogen-bond acceptors (Lipinski definition) is 3. The van der Waals surface area contributed by atoms with Gasteiger partial charge in [0.25, 0.3) is 0 Å². The van der Waals surface area contributed by atoms with Crippen LogP contribution in [-0.4, -0.2) is 43.2 Å². The van der Waals surface area contributed by atoms with Crippen molar-refractivity contribution in [1.29, 1.82) is 0 Å². The predicted molar refractivity (Wildman–Crippen MR) is 131 cm³/mol. The highest BCUT2D eigenvalue weighted by molar-refractivity contribution is 6.30. The number of benzene rings is 2. The second kappa shape index (κ2) is 10.1. The molecule has 1 aliphatic heterocycles. The number of carbonyl (C=O) groups excluding carboxylic acids is 1. The van der Waals surface area contributed by atoms with E-state index in [9.17, 15) is 31.1 Å². The van der Waals surface area contributed by atoms with Crippen LogP contribution < -0.4 is 5.32 Å². The predicted octanol–water partition coefficient (Wildman–Crippen LogP) is 7.12. The van der Waals surface area contributed by atoms with Gasteiger partial charge in [-0.2, -0.15) is 31.4 Å². The average Bonchev–Trinajstić information content (AvgIpc) is 3.25. The molecule has 0 radical (unpaired) electrons. The van der Waals surface area contributed by atoms with Gasteiger partial charge in [0.05, 0.1) is 29.8 Å². The molecule has 2 amide bonds. The van der Waals surface area contributed by atoms with Crippen molar-refractivity contribution in [3.05, 3.63) is 89.0 Å². The zero-order valence-corrected chi connectivity index (χ0v) is 20.7. The summed E-state index contributed by atoms with van der Waals surface area (Å²) < 4.78 is 88.6. The SMILES string of the molecule is COCC1(c2ccccc2)CN(C(=O)Nc2ccc(C(F)(F)F)cc2)N=C1C1(C(F)(F)F)C=CC=C(Cl)C1. The Labute approximate surface area is 219 Å². The summed E-state index contributed by atoms with van der Waals surface area (Å²) in [6.45, 7) is -0.563. The Hall–Kier alpha value is -3.31. The van der Waals surface area contributed by atoms with Crippen LogP contribution in [0.5, 0.6) is 0 Å². The van der Waals surface area contributed by atoms with Gasteiger partial charge < -0.3 is 10.1 Å². The van der Waals surface area contributed by atoms with Gasteiger partial charge in [-0.1, -0.05) is 54.1 Å². The monoisotopic (exact) mass is 557 g/mol. The molecule has 5 nitrogen and oxygen atoms in total. The van der Waals surface area contributed by atoms with Gasteiger partial charge in [0.15, 0.2) is 0 Å². The number of urea groups is 1. The van der Waals surface area contributed by atoms with E-state index in [0.29, 0.717) is 5.56 Å². The Balaban J connectivity index is 1.79. The number of allylic oxidation sites excluding steroid dienone is 4. The maximum atomic E-state index is 14.9. The van der Waals surface area contributed by atoms with Gasteiger partial charge in [0.1, 0.15) is 5.41 Å². The van der Waals surface area contributed by atoms with Crippen molar-refractivity contribution in [1.82, 2.24) is 5.01 Å². The largest absolute Gasteiger partial charge is 0.416 e. The van der Waals surface area contributed by atoms with Crippen LogP contribution in [0.15, 0.2) is 83.0 Å². The van der Waals surface area contributed by atoms with E-state index in [1.54, 1.807) is 30.3 Å². The van der Waals surface area contributed by atoms with E-state index in [4.69, 9.17) is 16.3 Å². The normalized spacial score (nSPS) is 23.7. The molecule has 1 aliphatic carbocycles. The maximum absolute atomic E-state index is 14.9. The fourth-order valence-corrected chi connectivity index (χ4v) is 5.05. The van der Waals surface area contributed by atoms with Crippen LogP contribution in [0.2, 0.25) is 0 Å². The summed E-state index contributed by atoms with van der Waals surface area (Å²) in [5, 5.41) is 7.42. The third-order valence-corrected chi connectivity index (χ3v) is 6.80. The lowest BCUT2D eigenvalue weighted by Gasteiger charge is -2.41. The number of rotatable bonds is 5. The first-order chi connectivity index (χ1) is 17.8. The Morgan fingerprint density at radius 2 is 1.74 bits per heavy atom. The van der Waals surface area contributed by atoms with E-state index < -0.39 is 41.2 Å². The molecule has 2 aliphatic rings. The Kier molecular flexibility index (Phi) is 7.37. The van der Waals surface area contributed by atoms with Gasteiger partial charge in [-0.15, -0.1) is 0 Å². The summed E-state index contributed by atoms with van der Waals surface area (Å²) in [7, 11) is 1.33. The second-order valence-electron chi connectivity index (χ2n) is 9.01. The number of hydrazone groups is 1. The number of halogens is 7. The number of methoxy groups -OCH3 is 1. The Morgan fingerprint density at radius 1 is 1.08 bits per heavy atom. The summed E-state index contributed by atoms with van der Waals surface area (Å²) in [5.74, 6) is 0. The van der Waals surface area contributed by atoms with E-state index in [1.807, 2.05) is 0 Å². The lowest BCUT2D eigenvalue weighted by atomic mass is 9.63. The number of ether oxygens (including phenoxy) is 1. The van der Waals surface area contributed by atoms with Crippen molar-refractivity contribution in [2.45, 2.75) is 24.2 Å². The molecule has 1 heterocycles. The molecule has 0 aromatic heterocycles. The van der Waals surface area contributed by atoms with Crippen molar-refractivity contribution in [3.8, 4) is 0 Å². The fourth-order valence-electron chi connectivity index (χ4n) is 4.77. The fraction of sp³-hybridized carbons (Fsp3) is 0.308. The molecule has 0 bridgehead atoms. The van der Waals surface area contributed by atoms with Crippen LogP contribution in [0.3, 0.4) is 0 Å². The first-order valence-electron chi connectivity index (χ1n) is 11.3. The molecule has 0 spiro atoms. The highest BCUT2D eigenvalue weighted by Crippen LogP contribution is 2.54. The van der Waals surface area contributed by atoms with E-state index in [2.05, 4.69) is 10.4 Å². The molecular formula is C26H22ClF6N3O2. The van der Waals surface area contributed by atoms with Crippen LogP contribution in [0, 0.1) is 5.41 Å². The number of alkyl halides is 6. The number of anilines is 1. The van der Waals surface area contributed by atoms with E-state index in [0.717, 1.165) is 35.4 Å². The number of amides is 2. The van der Waals surface area contributed by atoms with Crippen LogP contribution in [0.4, 0.5) is 36.8 Å². The molecule has 202 valence electrons.